The van der Waals surface area contributed by atoms with Crippen molar-refractivity contribution in [2.45, 2.75) is 0 Å². The van der Waals surface area contributed by atoms with E-state index >= 15 is 0 Å². The first-order valence-electron chi connectivity index (χ1n) is 10.1. The maximum atomic E-state index is 12.1. The molecule has 0 spiro atoms. The minimum atomic E-state index is -1.48. The zero-order chi connectivity index (χ0) is 26.0. The van der Waals surface area contributed by atoms with Crippen LogP contribution in [0.2, 0.25) is 0 Å². The predicted octanol–water partition coefficient (Wildman–Crippen LogP) is 4.27. The van der Waals surface area contributed by atoms with Crippen LogP contribution >= 0.6 is 0 Å². The van der Waals surface area contributed by atoms with E-state index < -0.39 is 35.0 Å². The number of fused-ring (bicyclic) bond motifs is 2. The summed E-state index contributed by atoms with van der Waals surface area (Å²) in [7, 11) is 0. The number of carbonyl (C=O) groups is 4. The van der Waals surface area contributed by atoms with Crippen LogP contribution in [0, 0.1) is 22.7 Å². The van der Waals surface area contributed by atoms with Gasteiger partial charge in [0.2, 0.25) is 0 Å². The van der Waals surface area contributed by atoms with Gasteiger partial charge >= 0.3 is 23.9 Å². The van der Waals surface area contributed by atoms with E-state index in [-0.39, 0.29) is 65.3 Å². The Balaban J connectivity index is 2.30. The molecule has 0 aromatic heterocycles. The van der Waals surface area contributed by atoms with Crippen molar-refractivity contribution in [1.82, 2.24) is 0 Å². The fourth-order valence-corrected chi connectivity index (χ4v) is 4.98. The standard InChI is InChI=1S/C26H10N2O8/c27-7-9-5-16(26(35)36)20-14(24(31)32)4-2-12-18-10(8-28)6-15(25(33)34)19-13(23(29)30)3-1-11(21(18)19)17(9)22(12)20/h1-6H,(H,29,30)(H,31,32)(H,33,34)(H,35,36). The van der Waals surface area contributed by atoms with Crippen molar-refractivity contribution in [1.29, 1.82) is 10.5 Å². The summed E-state index contributed by atoms with van der Waals surface area (Å²) in [5.41, 5.74) is -1.85. The summed E-state index contributed by atoms with van der Waals surface area (Å²) in [5.74, 6) is -5.79. The SMILES string of the molecule is N#Cc1cc(C(=O)O)c2c(C(=O)O)ccc3c4c(C#N)cc(C(=O)O)c5c(C(=O)O)ccc(c1c23)c54. The van der Waals surface area contributed by atoms with Crippen LogP contribution in [0.25, 0.3) is 43.1 Å². The minimum Gasteiger partial charge on any atom is -0.478 e. The van der Waals surface area contributed by atoms with Crippen LogP contribution < -0.4 is 0 Å². The molecule has 10 heteroatoms. The van der Waals surface area contributed by atoms with Crippen molar-refractivity contribution in [3.63, 3.8) is 0 Å². The van der Waals surface area contributed by atoms with Gasteiger partial charge in [0.15, 0.2) is 0 Å². The molecule has 0 fully saturated rings. The van der Waals surface area contributed by atoms with Crippen molar-refractivity contribution in [2.24, 2.45) is 0 Å². The summed E-state index contributed by atoms with van der Waals surface area (Å²) in [6.07, 6.45) is 0. The second kappa shape index (κ2) is 7.38. The van der Waals surface area contributed by atoms with Crippen LogP contribution in [0.5, 0.6) is 0 Å². The molecular weight excluding hydrogens is 468 g/mol. The number of nitriles is 2. The zero-order valence-corrected chi connectivity index (χ0v) is 17.8. The maximum Gasteiger partial charge on any atom is 0.336 e. The van der Waals surface area contributed by atoms with Crippen LogP contribution in [-0.2, 0) is 0 Å². The van der Waals surface area contributed by atoms with Gasteiger partial charge in [-0.2, -0.15) is 10.5 Å². The van der Waals surface area contributed by atoms with E-state index in [2.05, 4.69) is 0 Å². The van der Waals surface area contributed by atoms with E-state index in [1.807, 2.05) is 12.1 Å². The van der Waals surface area contributed by atoms with E-state index in [1.165, 1.54) is 12.1 Å². The van der Waals surface area contributed by atoms with E-state index in [1.54, 1.807) is 0 Å². The number of benzene rings is 5. The number of rotatable bonds is 4. The lowest BCUT2D eigenvalue weighted by atomic mass is 9.81. The molecule has 5 aromatic rings. The number of nitrogens with zero attached hydrogens (tertiary/aromatic N) is 2. The van der Waals surface area contributed by atoms with E-state index in [4.69, 9.17) is 0 Å². The fourth-order valence-electron chi connectivity index (χ4n) is 4.98. The highest BCUT2D eigenvalue weighted by Crippen LogP contribution is 2.46. The Kier molecular flexibility index (Phi) is 4.53. The molecule has 0 aliphatic heterocycles. The average molecular weight is 478 g/mol. The fraction of sp³-hybridized carbons (Fsp3) is 0. The summed E-state index contributed by atoms with van der Waals surface area (Å²) in [6, 6.07) is 10.9. The third-order valence-corrected chi connectivity index (χ3v) is 6.27. The molecule has 10 nitrogen and oxygen atoms in total. The van der Waals surface area contributed by atoms with Crippen molar-refractivity contribution in [3.05, 3.63) is 69.8 Å². The predicted molar refractivity (Wildman–Crippen MR) is 125 cm³/mol. The highest BCUT2D eigenvalue weighted by atomic mass is 16.4. The topological polar surface area (TPSA) is 197 Å². The largest absolute Gasteiger partial charge is 0.478 e. The van der Waals surface area contributed by atoms with Gasteiger partial charge in [-0.15, -0.1) is 0 Å². The molecule has 0 radical (unpaired) electrons. The summed E-state index contributed by atoms with van der Waals surface area (Å²) in [5, 5.41) is 59.5. The number of carboxylic acids is 4. The molecule has 0 aliphatic carbocycles. The van der Waals surface area contributed by atoms with Gasteiger partial charge in [-0.1, -0.05) is 12.1 Å². The molecule has 0 amide bonds. The van der Waals surface area contributed by atoms with Gasteiger partial charge in [0.25, 0.3) is 0 Å². The Labute approximate surface area is 199 Å². The van der Waals surface area contributed by atoms with Crippen LogP contribution in [0.1, 0.15) is 52.6 Å². The lowest BCUT2D eigenvalue weighted by Crippen LogP contribution is -2.08. The Morgan fingerprint density at radius 1 is 0.500 bits per heavy atom. The normalized spacial score (nSPS) is 11.1. The van der Waals surface area contributed by atoms with Crippen molar-refractivity contribution < 1.29 is 39.6 Å². The quantitative estimate of drug-likeness (QED) is 0.214. The van der Waals surface area contributed by atoms with Crippen LogP contribution in [0.4, 0.5) is 0 Å². The van der Waals surface area contributed by atoms with E-state index in [0.29, 0.717) is 0 Å². The molecule has 0 bridgehead atoms. The van der Waals surface area contributed by atoms with Crippen molar-refractivity contribution in [3.8, 4) is 12.1 Å². The average Bonchev–Trinajstić information content (AvgIpc) is 2.84. The Morgan fingerprint density at radius 2 is 0.833 bits per heavy atom. The number of hydrogen-bond donors (Lipinski definition) is 4. The monoisotopic (exact) mass is 478 g/mol. The first-order valence-corrected chi connectivity index (χ1v) is 10.1. The molecule has 0 saturated carbocycles. The molecule has 172 valence electrons. The first-order chi connectivity index (χ1) is 17.1. The summed E-state index contributed by atoms with van der Waals surface area (Å²) >= 11 is 0. The third-order valence-electron chi connectivity index (χ3n) is 6.27. The van der Waals surface area contributed by atoms with Gasteiger partial charge in [-0.25, -0.2) is 19.2 Å². The van der Waals surface area contributed by atoms with Gasteiger partial charge in [0.05, 0.1) is 45.5 Å². The zero-order valence-electron chi connectivity index (χ0n) is 17.8. The molecule has 36 heavy (non-hydrogen) atoms. The second-order valence-electron chi connectivity index (χ2n) is 7.96. The molecule has 0 aliphatic rings. The molecular formula is C26H10N2O8. The molecule has 0 saturated heterocycles. The first kappa shape index (κ1) is 22.1. The van der Waals surface area contributed by atoms with Crippen molar-refractivity contribution >= 4 is 67.0 Å². The minimum absolute atomic E-state index is 0.0859. The number of hydrogen-bond acceptors (Lipinski definition) is 6. The second-order valence-corrected chi connectivity index (χ2v) is 7.96. The molecule has 5 rings (SSSR count). The molecule has 4 N–H and O–H groups in total. The lowest BCUT2D eigenvalue weighted by Gasteiger charge is -2.20. The van der Waals surface area contributed by atoms with Crippen LogP contribution in [0.15, 0.2) is 36.4 Å². The lowest BCUT2D eigenvalue weighted by molar-refractivity contribution is 0.0681. The summed E-state index contributed by atoms with van der Waals surface area (Å²) in [6.45, 7) is 0. The highest BCUT2D eigenvalue weighted by molar-refractivity contribution is 6.39. The van der Waals surface area contributed by atoms with Gasteiger partial charge < -0.3 is 20.4 Å². The molecule has 0 heterocycles. The Hall–Kier alpha value is -5.74. The van der Waals surface area contributed by atoms with E-state index in [0.717, 1.165) is 24.3 Å². The summed E-state index contributed by atoms with van der Waals surface area (Å²) < 4.78 is 0. The molecule has 5 aromatic carbocycles. The smallest absolute Gasteiger partial charge is 0.336 e. The maximum absolute atomic E-state index is 12.1. The molecule has 0 unspecified atom stereocenters. The number of aromatic carboxylic acids is 4. The van der Waals surface area contributed by atoms with Crippen LogP contribution in [0.3, 0.4) is 0 Å². The van der Waals surface area contributed by atoms with Gasteiger partial charge in [-0.05, 0) is 35.0 Å². The van der Waals surface area contributed by atoms with Crippen LogP contribution in [-0.4, -0.2) is 44.3 Å². The van der Waals surface area contributed by atoms with Gasteiger partial charge in [-0.3, -0.25) is 0 Å². The van der Waals surface area contributed by atoms with Gasteiger partial charge in [0, 0.05) is 32.3 Å². The summed E-state index contributed by atoms with van der Waals surface area (Å²) in [4.78, 5) is 48.3. The van der Waals surface area contributed by atoms with Crippen molar-refractivity contribution in [2.75, 3.05) is 0 Å². The van der Waals surface area contributed by atoms with E-state index in [9.17, 15) is 50.1 Å². The third kappa shape index (κ3) is 2.70. The molecule has 0 atom stereocenters. The Bertz CT molecular complexity index is 1830. The Morgan fingerprint density at radius 3 is 1.11 bits per heavy atom. The number of carboxylic acid groups (broad SMARTS) is 4. The highest BCUT2D eigenvalue weighted by Gasteiger charge is 2.28. The van der Waals surface area contributed by atoms with Gasteiger partial charge in [0.1, 0.15) is 0 Å².